The molecule has 1 N–H and O–H groups in total. The summed E-state index contributed by atoms with van der Waals surface area (Å²) in [5.74, 6) is 1.23. The van der Waals surface area contributed by atoms with Crippen LogP contribution in [0.3, 0.4) is 0 Å². The molecule has 1 saturated heterocycles. The summed E-state index contributed by atoms with van der Waals surface area (Å²) in [4.78, 5) is 7.83. The Kier molecular flexibility index (Phi) is 3.89. The van der Waals surface area contributed by atoms with Gasteiger partial charge in [0.2, 0.25) is 5.88 Å². The summed E-state index contributed by atoms with van der Waals surface area (Å²) < 4.78 is 11.6. The van der Waals surface area contributed by atoms with Gasteiger partial charge in [0.15, 0.2) is 0 Å². The first kappa shape index (κ1) is 14.4. The van der Waals surface area contributed by atoms with Crippen molar-refractivity contribution in [2.24, 2.45) is 5.92 Å². The number of ether oxygens (including phenoxy) is 2. The fourth-order valence-electron chi connectivity index (χ4n) is 2.75. The Labute approximate surface area is 125 Å². The molecule has 1 unspecified atom stereocenters. The first-order valence-electron chi connectivity index (χ1n) is 7.73. The van der Waals surface area contributed by atoms with Crippen LogP contribution in [0.15, 0.2) is 18.3 Å². The second-order valence-electron chi connectivity index (χ2n) is 6.90. The molecule has 1 aliphatic heterocycles. The van der Waals surface area contributed by atoms with Gasteiger partial charge in [-0.2, -0.15) is 4.98 Å². The van der Waals surface area contributed by atoms with Crippen LogP contribution < -0.4 is 4.74 Å². The molecular weight excluding hydrogens is 264 g/mol. The Morgan fingerprint density at radius 3 is 3.00 bits per heavy atom. The van der Waals surface area contributed by atoms with Crippen molar-refractivity contribution in [3.63, 3.8) is 0 Å². The van der Waals surface area contributed by atoms with Crippen LogP contribution in [0.1, 0.15) is 39.2 Å². The third-order valence-corrected chi connectivity index (χ3v) is 4.02. The third kappa shape index (κ3) is 3.21. The summed E-state index contributed by atoms with van der Waals surface area (Å²) in [5.41, 5.74) is 2.06. The van der Waals surface area contributed by atoms with Crippen LogP contribution in [0.25, 0.3) is 11.0 Å². The predicted molar refractivity (Wildman–Crippen MR) is 83.8 cm³/mol. The van der Waals surface area contributed by atoms with E-state index in [0.717, 1.165) is 42.1 Å². The van der Waals surface area contributed by atoms with Gasteiger partial charge < -0.3 is 14.5 Å². The monoisotopic (exact) mass is 288 g/mol. The molecule has 114 valence electrons. The number of hydrogen-bond donors (Lipinski definition) is 1. The highest BCUT2D eigenvalue weighted by molar-refractivity contribution is 5.77. The van der Waals surface area contributed by atoms with E-state index in [1.54, 1.807) is 0 Å². The van der Waals surface area contributed by atoms with Crippen LogP contribution in [0.2, 0.25) is 0 Å². The highest BCUT2D eigenvalue weighted by Gasteiger charge is 2.23. The summed E-state index contributed by atoms with van der Waals surface area (Å²) in [6.45, 7) is 8.95. The second-order valence-corrected chi connectivity index (χ2v) is 6.90. The Balaban J connectivity index is 1.84. The van der Waals surface area contributed by atoms with Gasteiger partial charge in [0, 0.05) is 29.7 Å². The number of aromatic amines is 1. The van der Waals surface area contributed by atoms with E-state index in [0.29, 0.717) is 12.5 Å². The SMILES string of the molecule is CC(C)(C)c1cc2cc[nH]c2nc1OCC1CCCOC1. The lowest BCUT2D eigenvalue weighted by molar-refractivity contribution is 0.0341. The molecule has 1 fully saturated rings. The zero-order chi connectivity index (χ0) is 14.9. The van der Waals surface area contributed by atoms with Crippen LogP contribution in [-0.4, -0.2) is 29.8 Å². The largest absolute Gasteiger partial charge is 0.477 e. The highest BCUT2D eigenvalue weighted by Crippen LogP contribution is 2.32. The van der Waals surface area contributed by atoms with E-state index in [2.05, 4.69) is 42.9 Å². The van der Waals surface area contributed by atoms with Crippen molar-refractivity contribution in [1.29, 1.82) is 0 Å². The van der Waals surface area contributed by atoms with Crippen molar-refractivity contribution in [3.05, 3.63) is 23.9 Å². The van der Waals surface area contributed by atoms with Crippen LogP contribution in [0.4, 0.5) is 0 Å². The van der Waals surface area contributed by atoms with Crippen molar-refractivity contribution >= 4 is 11.0 Å². The number of nitrogens with one attached hydrogen (secondary N) is 1. The Hall–Kier alpha value is -1.55. The molecule has 21 heavy (non-hydrogen) atoms. The van der Waals surface area contributed by atoms with Crippen LogP contribution >= 0.6 is 0 Å². The lowest BCUT2D eigenvalue weighted by atomic mass is 9.87. The zero-order valence-corrected chi connectivity index (χ0v) is 13.1. The molecule has 0 amide bonds. The molecule has 4 heteroatoms. The Morgan fingerprint density at radius 2 is 2.29 bits per heavy atom. The number of H-pyrrole nitrogens is 1. The van der Waals surface area contributed by atoms with Gasteiger partial charge in [0.25, 0.3) is 0 Å². The zero-order valence-electron chi connectivity index (χ0n) is 13.1. The first-order chi connectivity index (χ1) is 10.0. The molecular formula is C17H24N2O2. The van der Waals surface area contributed by atoms with Crippen LogP contribution in [-0.2, 0) is 10.2 Å². The number of aromatic nitrogens is 2. The van der Waals surface area contributed by atoms with Gasteiger partial charge in [0.1, 0.15) is 5.65 Å². The fourth-order valence-corrected chi connectivity index (χ4v) is 2.75. The average Bonchev–Trinajstić information content (AvgIpc) is 2.91. The number of rotatable bonds is 3. The van der Waals surface area contributed by atoms with Crippen molar-refractivity contribution in [3.8, 4) is 5.88 Å². The fraction of sp³-hybridized carbons (Fsp3) is 0.588. The molecule has 0 radical (unpaired) electrons. The van der Waals surface area contributed by atoms with E-state index in [9.17, 15) is 0 Å². The standard InChI is InChI=1S/C17H24N2O2/c1-17(2,3)14-9-13-6-7-18-15(13)19-16(14)21-11-12-5-4-8-20-10-12/h6-7,9,12H,4-5,8,10-11H2,1-3H3,(H,18,19). The first-order valence-corrected chi connectivity index (χ1v) is 7.73. The maximum atomic E-state index is 6.07. The smallest absolute Gasteiger partial charge is 0.219 e. The van der Waals surface area contributed by atoms with E-state index in [-0.39, 0.29) is 5.41 Å². The minimum absolute atomic E-state index is 0.0108. The summed E-state index contributed by atoms with van der Waals surface area (Å²) in [6.07, 6.45) is 4.22. The maximum Gasteiger partial charge on any atom is 0.219 e. The number of nitrogens with zero attached hydrogens (tertiary/aromatic N) is 1. The quantitative estimate of drug-likeness (QED) is 0.937. The van der Waals surface area contributed by atoms with Gasteiger partial charge in [-0.3, -0.25) is 0 Å². The lowest BCUT2D eigenvalue weighted by Gasteiger charge is -2.25. The van der Waals surface area contributed by atoms with Gasteiger partial charge in [-0.05, 0) is 30.4 Å². The molecule has 0 aliphatic carbocycles. The molecule has 0 bridgehead atoms. The predicted octanol–water partition coefficient (Wildman–Crippen LogP) is 3.67. The van der Waals surface area contributed by atoms with E-state index >= 15 is 0 Å². The summed E-state index contributed by atoms with van der Waals surface area (Å²) in [7, 11) is 0. The highest BCUT2D eigenvalue weighted by atomic mass is 16.5. The van der Waals surface area contributed by atoms with Crippen molar-refractivity contribution in [1.82, 2.24) is 9.97 Å². The van der Waals surface area contributed by atoms with Crippen molar-refractivity contribution < 1.29 is 9.47 Å². The molecule has 0 saturated carbocycles. The van der Waals surface area contributed by atoms with Crippen molar-refractivity contribution in [2.45, 2.75) is 39.0 Å². The van der Waals surface area contributed by atoms with E-state index in [1.165, 1.54) is 6.42 Å². The molecule has 3 rings (SSSR count). The average molecular weight is 288 g/mol. The number of hydrogen-bond acceptors (Lipinski definition) is 3. The van der Waals surface area contributed by atoms with Crippen molar-refractivity contribution in [2.75, 3.05) is 19.8 Å². The Bertz CT molecular complexity index is 607. The van der Waals surface area contributed by atoms with Crippen LogP contribution in [0, 0.1) is 5.92 Å². The molecule has 2 aromatic rings. The minimum Gasteiger partial charge on any atom is -0.477 e. The molecule has 2 aromatic heterocycles. The third-order valence-electron chi connectivity index (χ3n) is 4.02. The molecule has 0 aromatic carbocycles. The van der Waals surface area contributed by atoms with Crippen LogP contribution in [0.5, 0.6) is 5.88 Å². The van der Waals surface area contributed by atoms with Gasteiger partial charge >= 0.3 is 0 Å². The summed E-state index contributed by atoms with van der Waals surface area (Å²) in [6, 6.07) is 4.24. The van der Waals surface area contributed by atoms with E-state index < -0.39 is 0 Å². The Morgan fingerprint density at radius 1 is 1.43 bits per heavy atom. The molecule has 1 aliphatic rings. The van der Waals surface area contributed by atoms with Gasteiger partial charge in [0.05, 0.1) is 13.2 Å². The molecule has 0 spiro atoms. The normalized spacial score (nSPS) is 19.9. The number of pyridine rings is 1. The van der Waals surface area contributed by atoms with Gasteiger partial charge in [-0.1, -0.05) is 20.8 Å². The van der Waals surface area contributed by atoms with E-state index in [4.69, 9.17) is 9.47 Å². The summed E-state index contributed by atoms with van der Waals surface area (Å²) >= 11 is 0. The van der Waals surface area contributed by atoms with Gasteiger partial charge in [-0.15, -0.1) is 0 Å². The summed E-state index contributed by atoms with van der Waals surface area (Å²) in [5, 5.41) is 1.13. The van der Waals surface area contributed by atoms with E-state index in [1.807, 2.05) is 6.20 Å². The molecule has 3 heterocycles. The lowest BCUT2D eigenvalue weighted by Crippen LogP contribution is -2.24. The van der Waals surface area contributed by atoms with Gasteiger partial charge in [-0.25, -0.2) is 0 Å². The molecule has 4 nitrogen and oxygen atoms in total. The topological polar surface area (TPSA) is 47.1 Å². The maximum absolute atomic E-state index is 6.07. The molecule has 1 atom stereocenters. The number of fused-ring (bicyclic) bond motifs is 1. The minimum atomic E-state index is 0.0108. The second kappa shape index (κ2) is 5.68.